The predicted octanol–water partition coefficient (Wildman–Crippen LogP) is 1.59. The fourth-order valence-corrected chi connectivity index (χ4v) is 4.09. The van der Waals surface area contributed by atoms with E-state index < -0.39 is 0 Å². The van der Waals surface area contributed by atoms with Gasteiger partial charge in [0.2, 0.25) is 11.8 Å². The average Bonchev–Trinajstić information content (AvgIpc) is 3.28. The second kappa shape index (κ2) is 11.1. The number of hydrogen-bond donors (Lipinski definition) is 3. The van der Waals surface area contributed by atoms with Crippen molar-refractivity contribution in [1.29, 1.82) is 0 Å². The molecule has 4 amide bonds. The maximum Gasteiger partial charge on any atom is 0.315 e. The van der Waals surface area contributed by atoms with E-state index in [9.17, 15) is 14.4 Å². The van der Waals surface area contributed by atoms with Gasteiger partial charge in [0.1, 0.15) is 0 Å². The number of hydrogen-bond acceptors (Lipinski definition) is 4. The average molecular weight is 436 g/mol. The van der Waals surface area contributed by atoms with Crippen molar-refractivity contribution in [3.8, 4) is 0 Å². The van der Waals surface area contributed by atoms with Crippen LogP contribution in [0.3, 0.4) is 0 Å². The van der Waals surface area contributed by atoms with Gasteiger partial charge in [-0.1, -0.05) is 30.5 Å². The van der Waals surface area contributed by atoms with Gasteiger partial charge in [-0.25, -0.2) is 4.79 Å². The van der Waals surface area contributed by atoms with Crippen molar-refractivity contribution in [3.05, 3.63) is 29.3 Å². The summed E-state index contributed by atoms with van der Waals surface area (Å²) in [7, 11) is 0. The molecule has 0 bridgehead atoms. The van der Waals surface area contributed by atoms with Gasteiger partial charge >= 0.3 is 6.03 Å². The topological polar surface area (TPSA) is 93.8 Å². The maximum absolute atomic E-state index is 12.4. The van der Waals surface area contributed by atoms with E-state index in [1.54, 1.807) is 4.90 Å². The molecule has 2 aliphatic rings. The van der Waals surface area contributed by atoms with E-state index in [1.807, 2.05) is 24.3 Å². The third-order valence-corrected chi connectivity index (χ3v) is 5.91. The van der Waals surface area contributed by atoms with Gasteiger partial charge in [-0.2, -0.15) is 0 Å². The Morgan fingerprint density at radius 2 is 1.70 bits per heavy atom. The highest BCUT2D eigenvalue weighted by atomic mass is 35.5. The molecule has 1 heterocycles. The number of amides is 4. The van der Waals surface area contributed by atoms with Gasteiger partial charge in [0.25, 0.3) is 0 Å². The lowest BCUT2D eigenvalue weighted by molar-refractivity contribution is -0.132. The number of nitrogens with zero attached hydrogens (tertiary/aromatic N) is 2. The minimum absolute atomic E-state index is 0.0681. The first kappa shape index (κ1) is 22.2. The summed E-state index contributed by atoms with van der Waals surface area (Å²) < 4.78 is 0. The van der Waals surface area contributed by atoms with Crippen LogP contribution in [-0.4, -0.2) is 68.6 Å². The first-order chi connectivity index (χ1) is 14.5. The third-order valence-electron chi connectivity index (χ3n) is 5.68. The Kier molecular flexibility index (Phi) is 8.19. The molecule has 3 N–H and O–H groups in total. The minimum Gasteiger partial charge on any atom is -0.368 e. The molecule has 0 aromatic heterocycles. The van der Waals surface area contributed by atoms with E-state index >= 15 is 0 Å². The quantitative estimate of drug-likeness (QED) is 0.606. The highest BCUT2D eigenvalue weighted by molar-refractivity contribution is 6.30. The van der Waals surface area contributed by atoms with Crippen molar-refractivity contribution < 1.29 is 14.4 Å². The van der Waals surface area contributed by atoms with Crippen molar-refractivity contribution in [1.82, 2.24) is 20.9 Å². The smallest absolute Gasteiger partial charge is 0.315 e. The number of carbonyl (C=O) groups is 3. The summed E-state index contributed by atoms with van der Waals surface area (Å²) in [4.78, 5) is 40.0. The van der Waals surface area contributed by atoms with E-state index in [1.165, 1.54) is 12.8 Å². The molecule has 30 heavy (non-hydrogen) atoms. The zero-order valence-electron chi connectivity index (χ0n) is 17.2. The van der Waals surface area contributed by atoms with Crippen molar-refractivity contribution in [2.45, 2.75) is 25.7 Å². The zero-order valence-corrected chi connectivity index (χ0v) is 17.9. The number of carbonyl (C=O) groups excluding carboxylic acids is 3. The number of piperazine rings is 1. The maximum atomic E-state index is 12.4. The van der Waals surface area contributed by atoms with Gasteiger partial charge in [0.15, 0.2) is 0 Å². The van der Waals surface area contributed by atoms with E-state index in [0.29, 0.717) is 43.7 Å². The molecule has 1 aromatic carbocycles. The van der Waals surface area contributed by atoms with Crippen LogP contribution in [-0.2, 0) is 9.59 Å². The van der Waals surface area contributed by atoms with Crippen LogP contribution in [0.5, 0.6) is 0 Å². The van der Waals surface area contributed by atoms with Gasteiger partial charge in [-0.15, -0.1) is 0 Å². The molecule has 0 atom stereocenters. The lowest BCUT2D eigenvalue weighted by Crippen LogP contribution is -2.52. The number of benzene rings is 1. The van der Waals surface area contributed by atoms with Crippen LogP contribution >= 0.6 is 11.6 Å². The fourth-order valence-electron chi connectivity index (χ4n) is 3.91. The first-order valence-electron chi connectivity index (χ1n) is 10.6. The van der Waals surface area contributed by atoms with Crippen molar-refractivity contribution in [3.63, 3.8) is 0 Å². The molecule has 164 valence electrons. The Morgan fingerprint density at radius 3 is 2.40 bits per heavy atom. The lowest BCUT2D eigenvalue weighted by Gasteiger charge is -2.36. The summed E-state index contributed by atoms with van der Waals surface area (Å²) in [6.07, 6.45) is 4.74. The molecule has 9 heteroatoms. The van der Waals surface area contributed by atoms with Crippen LogP contribution in [0, 0.1) is 5.92 Å². The third kappa shape index (κ3) is 6.79. The molecule has 2 fully saturated rings. The van der Waals surface area contributed by atoms with Crippen LogP contribution in [0.25, 0.3) is 0 Å². The molecular formula is C21H30ClN5O3. The SMILES string of the molecule is O=C(CNC(=O)NCC1CCCC1)NCC(=O)N1CCN(c2cccc(Cl)c2)CC1. The molecule has 0 radical (unpaired) electrons. The summed E-state index contributed by atoms with van der Waals surface area (Å²) >= 11 is 6.04. The van der Waals surface area contributed by atoms with Crippen molar-refractivity contribution in [2.75, 3.05) is 50.7 Å². The number of urea groups is 1. The molecule has 0 unspecified atom stereocenters. The second-order valence-electron chi connectivity index (χ2n) is 7.84. The number of rotatable bonds is 7. The minimum atomic E-state index is -0.378. The summed E-state index contributed by atoms with van der Waals surface area (Å²) in [6.45, 7) is 3.03. The van der Waals surface area contributed by atoms with Crippen LogP contribution in [0.2, 0.25) is 5.02 Å². The van der Waals surface area contributed by atoms with Crippen LogP contribution in [0.4, 0.5) is 10.5 Å². The summed E-state index contributed by atoms with van der Waals surface area (Å²) in [5.74, 6) is 0.0400. The summed E-state index contributed by atoms with van der Waals surface area (Å²) in [6, 6.07) is 7.31. The second-order valence-corrected chi connectivity index (χ2v) is 8.27. The molecule has 1 aliphatic carbocycles. The molecule has 8 nitrogen and oxygen atoms in total. The Labute approximate surface area is 182 Å². The number of nitrogens with one attached hydrogen (secondary N) is 3. The Bertz CT molecular complexity index is 746. The zero-order chi connectivity index (χ0) is 21.3. The van der Waals surface area contributed by atoms with Gasteiger partial charge < -0.3 is 25.8 Å². The molecule has 0 spiro atoms. The van der Waals surface area contributed by atoms with Gasteiger partial charge in [-0.05, 0) is 37.0 Å². The highest BCUT2D eigenvalue weighted by Crippen LogP contribution is 2.23. The Hall–Kier alpha value is -2.48. The van der Waals surface area contributed by atoms with Crippen molar-refractivity contribution in [2.24, 2.45) is 5.92 Å². The Balaban J connectivity index is 1.29. The van der Waals surface area contributed by atoms with E-state index in [2.05, 4.69) is 20.9 Å². The summed E-state index contributed by atoms with van der Waals surface area (Å²) in [5.41, 5.74) is 1.04. The van der Waals surface area contributed by atoms with Gasteiger partial charge in [-0.3, -0.25) is 9.59 Å². The molecule has 3 rings (SSSR count). The molecule has 1 saturated carbocycles. The molecule has 1 saturated heterocycles. The normalized spacial score (nSPS) is 17.0. The molecule has 1 aromatic rings. The van der Waals surface area contributed by atoms with E-state index in [-0.39, 0.29) is 30.9 Å². The van der Waals surface area contributed by atoms with Crippen LogP contribution in [0.15, 0.2) is 24.3 Å². The largest absolute Gasteiger partial charge is 0.368 e. The summed E-state index contributed by atoms with van der Waals surface area (Å²) in [5, 5.41) is 8.60. The van der Waals surface area contributed by atoms with Crippen LogP contribution < -0.4 is 20.9 Å². The number of anilines is 1. The molecule has 1 aliphatic heterocycles. The Morgan fingerprint density at radius 1 is 0.967 bits per heavy atom. The monoisotopic (exact) mass is 435 g/mol. The molecular weight excluding hydrogens is 406 g/mol. The van der Waals surface area contributed by atoms with Gasteiger partial charge in [0.05, 0.1) is 13.1 Å². The first-order valence-corrected chi connectivity index (χ1v) is 11.0. The lowest BCUT2D eigenvalue weighted by atomic mass is 10.1. The predicted molar refractivity (Wildman–Crippen MR) is 117 cm³/mol. The van der Waals surface area contributed by atoms with Crippen LogP contribution in [0.1, 0.15) is 25.7 Å². The van der Waals surface area contributed by atoms with E-state index in [4.69, 9.17) is 11.6 Å². The standard InChI is InChI=1S/C21H30ClN5O3/c22-17-6-3-7-18(12-17)26-8-10-27(11-9-26)20(29)15-23-19(28)14-25-21(30)24-13-16-4-1-2-5-16/h3,6-7,12,16H,1-2,4-5,8-11,13-15H2,(H,23,28)(H2,24,25,30). The van der Waals surface area contributed by atoms with Gasteiger partial charge in [0, 0.05) is 43.4 Å². The number of halogens is 1. The van der Waals surface area contributed by atoms with E-state index in [0.717, 1.165) is 18.5 Å². The fraction of sp³-hybridized carbons (Fsp3) is 0.571. The highest BCUT2D eigenvalue weighted by Gasteiger charge is 2.22. The van der Waals surface area contributed by atoms with Crippen molar-refractivity contribution >= 4 is 35.1 Å².